The first-order chi connectivity index (χ1) is 18.2. The van der Waals surface area contributed by atoms with E-state index in [1.165, 1.54) is 11.0 Å². The summed E-state index contributed by atoms with van der Waals surface area (Å²) in [4.78, 5) is 13.0. The molecule has 0 aliphatic heterocycles. The molecule has 3 rings (SSSR count). The minimum atomic E-state index is -4.37. The van der Waals surface area contributed by atoms with Gasteiger partial charge in [-0.25, -0.2) is 0 Å². The molecule has 0 aromatic heterocycles. The Bertz CT molecular complexity index is 1230. The van der Waals surface area contributed by atoms with E-state index in [2.05, 4.69) is 5.32 Å². The molecule has 3 aromatic carbocycles. The van der Waals surface area contributed by atoms with Gasteiger partial charge in [0.25, 0.3) is 0 Å². The van der Waals surface area contributed by atoms with Gasteiger partial charge in [-0.1, -0.05) is 67.6 Å². The molecule has 1 N–H and O–H groups in total. The summed E-state index contributed by atoms with van der Waals surface area (Å²) in [5.41, 5.74) is 3.97. The van der Waals surface area contributed by atoms with Crippen LogP contribution in [0.5, 0.6) is 5.75 Å². The number of amides is 1. The van der Waals surface area contributed by atoms with E-state index >= 15 is 0 Å². The summed E-state index contributed by atoms with van der Waals surface area (Å²) in [7, 11) is 3.41. The highest BCUT2D eigenvalue weighted by Crippen LogP contribution is 2.36. The fraction of sp³-hybridized carbons (Fsp3) is 0.258. The van der Waals surface area contributed by atoms with Crippen LogP contribution in [0.2, 0.25) is 0 Å². The van der Waals surface area contributed by atoms with Crippen molar-refractivity contribution in [3.05, 3.63) is 113 Å². The number of likely N-dealkylation sites (N-methyl/N-ethyl adjacent to an activating group) is 1. The van der Waals surface area contributed by atoms with Gasteiger partial charge in [-0.2, -0.15) is 13.2 Å². The maximum absolute atomic E-state index is 13.1. The van der Waals surface area contributed by atoms with Crippen LogP contribution < -0.4 is 10.1 Å². The predicted molar refractivity (Wildman–Crippen MR) is 147 cm³/mol. The number of rotatable bonds is 11. The molecule has 0 atom stereocenters. The lowest BCUT2D eigenvalue weighted by Crippen LogP contribution is -2.22. The molecular weight excluding hydrogens is 489 g/mol. The number of carbonyl (C=O) groups excluding carboxylic acids is 1. The molecule has 0 fully saturated rings. The number of alkyl halides is 3. The average molecular weight is 523 g/mol. The molecule has 3 aromatic rings. The van der Waals surface area contributed by atoms with Crippen LogP contribution in [0.1, 0.15) is 35.6 Å². The van der Waals surface area contributed by atoms with E-state index in [0.29, 0.717) is 31.9 Å². The number of hydrogen-bond acceptors (Lipinski definition) is 3. The summed E-state index contributed by atoms with van der Waals surface area (Å²) < 4.78 is 45.2. The van der Waals surface area contributed by atoms with Crippen LogP contribution >= 0.6 is 0 Å². The van der Waals surface area contributed by atoms with Crippen molar-refractivity contribution >= 4 is 17.1 Å². The van der Waals surface area contributed by atoms with Gasteiger partial charge in [0.15, 0.2) is 0 Å². The zero-order valence-corrected chi connectivity index (χ0v) is 21.9. The van der Waals surface area contributed by atoms with E-state index in [1.54, 1.807) is 32.3 Å². The third-order valence-electron chi connectivity index (χ3n) is 5.93. The Balaban J connectivity index is 1.76. The number of carbonyl (C=O) groups is 1. The van der Waals surface area contributed by atoms with Gasteiger partial charge in [0.05, 0.1) is 5.56 Å². The van der Waals surface area contributed by atoms with Gasteiger partial charge in [-0.15, -0.1) is 0 Å². The second-order valence-corrected chi connectivity index (χ2v) is 8.86. The van der Waals surface area contributed by atoms with Gasteiger partial charge in [0.1, 0.15) is 12.4 Å². The Labute approximate surface area is 222 Å². The average Bonchev–Trinajstić information content (AvgIpc) is 2.91. The molecule has 0 radical (unpaired) electrons. The van der Waals surface area contributed by atoms with Gasteiger partial charge >= 0.3 is 6.18 Å². The number of ether oxygens (including phenoxy) is 1. The molecule has 0 spiro atoms. The smallest absolute Gasteiger partial charge is 0.416 e. The van der Waals surface area contributed by atoms with E-state index in [1.807, 2.05) is 61.5 Å². The number of nitrogens with zero attached hydrogens (tertiary/aromatic N) is 1. The molecular formula is C31H33F3N2O2. The molecule has 0 unspecified atom stereocenters. The van der Waals surface area contributed by atoms with Crippen LogP contribution in [0.4, 0.5) is 13.2 Å². The third-order valence-corrected chi connectivity index (χ3v) is 5.93. The fourth-order valence-electron chi connectivity index (χ4n) is 3.96. The zero-order valence-electron chi connectivity index (χ0n) is 21.9. The lowest BCUT2D eigenvalue weighted by atomic mass is 9.88. The molecule has 0 heterocycles. The van der Waals surface area contributed by atoms with Gasteiger partial charge in [0.2, 0.25) is 5.91 Å². The second kappa shape index (κ2) is 13.6. The number of nitrogens with one attached hydrogen (secondary N) is 1. The number of hydrogen-bond donors (Lipinski definition) is 1. The predicted octanol–water partition coefficient (Wildman–Crippen LogP) is 6.69. The van der Waals surface area contributed by atoms with Gasteiger partial charge in [-0.3, -0.25) is 4.79 Å². The van der Waals surface area contributed by atoms with Gasteiger partial charge in [0, 0.05) is 33.3 Å². The van der Waals surface area contributed by atoms with Crippen LogP contribution in [-0.2, 0) is 11.0 Å². The summed E-state index contributed by atoms with van der Waals surface area (Å²) in [6.45, 7) is 3.65. The normalized spacial score (nSPS) is 12.4. The molecule has 0 aliphatic carbocycles. The van der Waals surface area contributed by atoms with Crippen LogP contribution in [0, 0.1) is 0 Å². The third kappa shape index (κ3) is 8.08. The SMILES string of the molecule is CC/C(=C(\c1ccccc1)c1ccc(OCCNC/C=C/C(=O)N(C)C)cc1)c1ccc(C(F)(F)F)cc1. The largest absolute Gasteiger partial charge is 0.492 e. The van der Waals surface area contributed by atoms with Crippen molar-refractivity contribution in [3.63, 3.8) is 0 Å². The monoisotopic (exact) mass is 522 g/mol. The highest BCUT2D eigenvalue weighted by atomic mass is 19.4. The van der Waals surface area contributed by atoms with Crippen molar-refractivity contribution in [2.24, 2.45) is 0 Å². The summed E-state index contributed by atoms with van der Waals surface area (Å²) >= 11 is 0. The van der Waals surface area contributed by atoms with Gasteiger partial charge in [-0.05, 0) is 58.5 Å². The molecule has 0 aliphatic rings. The summed E-state index contributed by atoms with van der Waals surface area (Å²) in [5, 5.41) is 3.19. The molecule has 4 nitrogen and oxygen atoms in total. The summed E-state index contributed by atoms with van der Waals surface area (Å²) in [5.74, 6) is 0.658. The van der Waals surface area contributed by atoms with Crippen molar-refractivity contribution in [3.8, 4) is 5.75 Å². The standard InChI is InChI=1S/C31H33F3N2O2/c1-4-28(23-12-16-26(17-13-23)31(32,33)34)30(24-9-6-5-7-10-24)25-14-18-27(19-15-25)38-22-21-35-20-8-11-29(37)36(2)3/h5-19,35H,4,20-22H2,1-3H3/b11-8+,30-28-. The Kier molecular flexibility index (Phi) is 10.3. The Morgan fingerprint density at radius 1 is 0.895 bits per heavy atom. The highest BCUT2D eigenvalue weighted by molar-refractivity contribution is 5.98. The highest BCUT2D eigenvalue weighted by Gasteiger charge is 2.30. The molecule has 7 heteroatoms. The minimum Gasteiger partial charge on any atom is -0.492 e. The van der Waals surface area contributed by atoms with Crippen molar-refractivity contribution in [2.45, 2.75) is 19.5 Å². The lowest BCUT2D eigenvalue weighted by molar-refractivity contribution is -0.137. The Morgan fingerprint density at radius 3 is 2.08 bits per heavy atom. The second-order valence-electron chi connectivity index (χ2n) is 8.86. The van der Waals surface area contributed by atoms with Crippen LogP contribution in [0.3, 0.4) is 0 Å². The number of halogens is 3. The summed E-state index contributed by atoms with van der Waals surface area (Å²) in [6.07, 6.45) is -0.422. The van der Waals surface area contributed by atoms with Crippen LogP contribution in [-0.4, -0.2) is 44.6 Å². The van der Waals surface area contributed by atoms with Crippen LogP contribution in [0.15, 0.2) is 91.0 Å². The first-order valence-electron chi connectivity index (χ1n) is 12.5. The molecule has 0 bridgehead atoms. The summed E-state index contributed by atoms with van der Waals surface area (Å²) in [6, 6.07) is 22.9. The minimum absolute atomic E-state index is 0.0587. The van der Waals surface area contributed by atoms with Crippen molar-refractivity contribution in [2.75, 3.05) is 33.8 Å². The topological polar surface area (TPSA) is 41.6 Å². The van der Waals surface area contributed by atoms with E-state index < -0.39 is 11.7 Å². The Hall–Kier alpha value is -3.84. The zero-order chi connectivity index (χ0) is 27.5. The molecule has 1 amide bonds. The van der Waals surface area contributed by atoms with Crippen molar-refractivity contribution < 1.29 is 22.7 Å². The van der Waals surface area contributed by atoms with E-state index in [9.17, 15) is 18.0 Å². The fourth-order valence-corrected chi connectivity index (χ4v) is 3.96. The molecule has 38 heavy (non-hydrogen) atoms. The maximum Gasteiger partial charge on any atom is 0.416 e. The van der Waals surface area contributed by atoms with Gasteiger partial charge < -0.3 is 15.0 Å². The van der Waals surface area contributed by atoms with E-state index in [0.717, 1.165) is 40.0 Å². The molecule has 200 valence electrons. The van der Waals surface area contributed by atoms with Crippen molar-refractivity contribution in [1.82, 2.24) is 10.2 Å². The first kappa shape index (κ1) is 28.7. The van der Waals surface area contributed by atoms with E-state index in [4.69, 9.17) is 4.74 Å². The quantitative estimate of drug-likeness (QED) is 0.173. The lowest BCUT2D eigenvalue weighted by Gasteiger charge is -2.17. The van der Waals surface area contributed by atoms with Crippen LogP contribution in [0.25, 0.3) is 11.1 Å². The molecule has 0 saturated heterocycles. The number of benzene rings is 3. The Morgan fingerprint density at radius 2 is 1.50 bits per heavy atom. The van der Waals surface area contributed by atoms with Crippen molar-refractivity contribution in [1.29, 1.82) is 0 Å². The first-order valence-corrected chi connectivity index (χ1v) is 12.5. The molecule has 0 saturated carbocycles. The van der Waals surface area contributed by atoms with E-state index in [-0.39, 0.29) is 5.91 Å². The maximum atomic E-state index is 13.1. The number of allylic oxidation sites excluding steroid dienone is 1.